The van der Waals surface area contributed by atoms with Gasteiger partial charge in [0.2, 0.25) is 0 Å². The Hall–Kier alpha value is -0.280. The summed E-state index contributed by atoms with van der Waals surface area (Å²) in [5.41, 5.74) is 3.06. The molecule has 2 aliphatic heterocycles. The van der Waals surface area contributed by atoms with Gasteiger partial charge in [-0.05, 0) is 42.9 Å². The third-order valence-corrected chi connectivity index (χ3v) is 4.27. The molecule has 1 saturated heterocycles. The molecule has 0 aromatic rings. The van der Waals surface area contributed by atoms with Gasteiger partial charge in [0.25, 0.3) is 0 Å². The molecule has 0 saturated carbocycles. The van der Waals surface area contributed by atoms with Crippen LogP contribution in [0.3, 0.4) is 0 Å². The van der Waals surface area contributed by atoms with Gasteiger partial charge in [-0.15, -0.1) is 0 Å². The lowest BCUT2D eigenvalue weighted by Gasteiger charge is -2.30. The number of rotatable bonds is 0. The largest absolute Gasteiger partial charge is 0.311 e. The summed E-state index contributed by atoms with van der Waals surface area (Å²) in [5, 5.41) is 3.72. The lowest BCUT2D eigenvalue weighted by atomic mass is 9.80. The zero-order valence-electron chi connectivity index (χ0n) is 8.88. The Morgan fingerprint density at radius 1 is 1.40 bits per heavy atom. The van der Waals surface area contributed by atoms with Crippen LogP contribution in [0.25, 0.3) is 0 Å². The highest BCUT2D eigenvalue weighted by atomic mass is 79.9. The highest BCUT2D eigenvalue weighted by Gasteiger charge is 2.33. The van der Waals surface area contributed by atoms with Crippen molar-refractivity contribution in [2.75, 3.05) is 13.1 Å². The van der Waals surface area contributed by atoms with Gasteiger partial charge in [0.15, 0.2) is 0 Å². The van der Waals surface area contributed by atoms with E-state index in [1.165, 1.54) is 43.4 Å². The fraction of sp³-hybridized carbons (Fsp3) is 0.667. The standard InChI is InChI=1S/C12H17BrN2/c13-15-7-10-5-4-9-3-1-2-6-14-12(9)11(10)8-15/h5,8-9,12,14H,1-4,6-7H2/t9?,12-/m0/s1. The van der Waals surface area contributed by atoms with E-state index in [2.05, 4.69) is 37.7 Å². The van der Waals surface area contributed by atoms with Crippen LogP contribution in [0.4, 0.5) is 0 Å². The van der Waals surface area contributed by atoms with Crippen LogP contribution < -0.4 is 5.32 Å². The van der Waals surface area contributed by atoms with Crippen molar-refractivity contribution in [1.29, 1.82) is 0 Å². The molecular weight excluding hydrogens is 252 g/mol. The second-order valence-corrected chi connectivity index (χ2v) is 5.71. The first kappa shape index (κ1) is 9.91. The number of hydrogen-bond donors (Lipinski definition) is 1. The lowest BCUT2D eigenvalue weighted by Crippen LogP contribution is -2.38. The molecule has 0 radical (unpaired) electrons. The average molecular weight is 269 g/mol. The minimum atomic E-state index is 0.620. The van der Waals surface area contributed by atoms with Crippen molar-refractivity contribution in [3.8, 4) is 0 Å². The molecule has 1 N–H and O–H groups in total. The van der Waals surface area contributed by atoms with E-state index < -0.39 is 0 Å². The van der Waals surface area contributed by atoms with Crippen LogP contribution in [0.2, 0.25) is 0 Å². The smallest absolute Gasteiger partial charge is 0.0541 e. The number of nitrogens with one attached hydrogen (secondary N) is 1. The Balaban J connectivity index is 1.90. The van der Waals surface area contributed by atoms with Gasteiger partial charge in [0.1, 0.15) is 0 Å². The maximum Gasteiger partial charge on any atom is 0.0541 e. The Morgan fingerprint density at radius 2 is 2.33 bits per heavy atom. The molecule has 0 amide bonds. The van der Waals surface area contributed by atoms with Gasteiger partial charge in [-0.3, -0.25) is 0 Å². The first-order chi connectivity index (χ1) is 7.34. The SMILES string of the molecule is BrN1C=C2C(=CCC3CCCCN[C@H]23)C1. The highest BCUT2D eigenvalue weighted by Crippen LogP contribution is 2.37. The number of nitrogens with zero attached hydrogens (tertiary/aromatic N) is 1. The van der Waals surface area contributed by atoms with E-state index >= 15 is 0 Å². The predicted octanol–water partition coefficient (Wildman–Crippen LogP) is 2.58. The predicted molar refractivity (Wildman–Crippen MR) is 65.5 cm³/mol. The number of halogens is 1. The van der Waals surface area contributed by atoms with E-state index in [1.807, 2.05) is 0 Å². The number of allylic oxidation sites excluding steroid dienone is 1. The van der Waals surface area contributed by atoms with E-state index in [4.69, 9.17) is 0 Å². The van der Waals surface area contributed by atoms with Crippen molar-refractivity contribution in [1.82, 2.24) is 9.24 Å². The molecule has 0 aromatic heterocycles. The van der Waals surface area contributed by atoms with Crippen LogP contribution in [-0.2, 0) is 0 Å². The van der Waals surface area contributed by atoms with Gasteiger partial charge in [0, 0.05) is 28.4 Å². The molecule has 0 bridgehead atoms. The Morgan fingerprint density at radius 3 is 3.27 bits per heavy atom. The van der Waals surface area contributed by atoms with Crippen LogP contribution in [-0.4, -0.2) is 23.1 Å². The fourth-order valence-corrected chi connectivity index (χ4v) is 3.52. The molecule has 2 nitrogen and oxygen atoms in total. The van der Waals surface area contributed by atoms with Gasteiger partial charge in [-0.1, -0.05) is 12.5 Å². The van der Waals surface area contributed by atoms with Crippen LogP contribution in [0.1, 0.15) is 25.7 Å². The van der Waals surface area contributed by atoms with Crippen molar-refractivity contribution >= 4 is 16.1 Å². The number of hydrogen-bond acceptors (Lipinski definition) is 2. The topological polar surface area (TPSA) is 15.3 Å². The van der Waals surface area contributed by atoms with Gasteiger partial charge in [0.05, 0.1) is 6.54 Å². The minimum Gasteiger partial charge on any atom is -0.311 e. The second-order valence-electron chi connectivity index (χ2n) is 4.79. The van der Waals surface area contributed by atoms with Crippen molar-refractivity contribution < 1.29 is 0 Å². The summed E-state index contributed by atoms with van der Waals surface area (Å²) in [4.78, 5) is 0. The first-order valence-corrected chi connectivity index (χ1v) is 6.62. The molecule has 15 heavy (non-hydrogen) atoms. The quantitative estimate of drug-likeness (QED) is 0.680. The molecule has 3 rings (SSSR count). The molecule has 0 aromatic carbocycles. The molecule has 0 spiro atoms. The summed E-state index contributed by atoms with van der Waals surface area (Å²) in [6.07, 6.45) is 10.1. The van der Waals surface area contributed by atoms with E-state index in [0.717, 1.165) is 12.5 Å². The summed E-state index contributed by atoms with van der Waals surface area (Å²) in [7, 11) is 0. The number of fused-ring (bicyclic) bond motifs is 3. The monoisotopic (exact) mass is 268 g/mol. The van der Waals surface area contributed by atoms with E-state index in [-0.39, 0.29) is 0 Å². The van der Waals surface area contributed by atoms with Gasteiger partial charge in [-0.25, -0.2) is 0 Å². The fourth-order valence-electron chi connectivity index (χ4n) is 3.03. The van der Waals surface area contributed by atoms with Gasteiger partial charge < -0.3 is 9.24 Å². The Bertz CT molecular complexity index is 322. The molecule has 3 heteroatoms. The first-order valence-electron chi connectivity index (χ1n) is 5.91. The van der Waals surface area contributed by atoms with E-state index in [1.54, 1.807) is 0 Å². The van der Waals surface area contributed by atoms with Gasteiger partial charge >= 0.3 is 0 Å². The lowest BCUT2D eigenvalue weighted by molar-refractivity contribution is 0.395. The maximum atomic E-state index is 3.72. The van der Waals surface area contributed by atoms with Gasteiger partial charge in [-0.2, -0.15) is 0 Å². The normalized spacial score (nSPS) is 35.1. The molecule has 1 fully saturated rings. The molecule has 1 unspecified atom stereocenters. The summed E-state index contributed by atoms with van der Waals surface area (Å²) < 4.78 is 2.13. The third kappa shape index (κ3) is 1.76. The highest BCUT2D eigenvalue weighted by molar-refractivity contribution is 9.07. The maximum absolute atomic E-state index is 3.72. The zero-order valence-corrected chi connectivity index (χ0v) is 10.5. The van der Waals surface area contributed by atoms with Crippen LogP contribution in [0.15, 0.2) is 23.4 Å². The van der Waals surface area contributed by atoms with Crippen molar-refractivity contribution in [3.05, 3.63) is 23.4 Å². The van der Waals surface area contributed by atoms with Crippen molar-refractivity contribution in [2.24, 2.45) is 5.92 Å². The minimum absolute atomic E-state index is 0.620. The second kappa shape index (κ2) is 3.95. The molecule has 1 aliphatic carbocycles. The van der Waals surface area contributed by atoms with Crippen molar-refractivity contribution in [3.63, 3.8) is 0 Å². The van der Waals surface area contributed by atoms with Crippen LogP contribution in [0.5, 0.6) is 0 Å². The summed E-state index contributed by atoms with van der Waals surface area (Å²) in [5.74, 6) is 0.835. The molecular formula is C12H17BrN2. The van der Waals surface area contributed by atoms with Crippen molar-refractivity contribution in [2.45, 2.75) is 31.7 Å². The molecule has 2 atom stereocenters. The average Bonchev–Trinajstić information content (AvgIpc) is 2.48. The van der Waals surface area contributed by atoms with E-state index in [0.29, 0.717) is 6.04 Å². The van der Waals surface area contributed by atoms with Crippen LogP contribution >= 0.6 is 16.1 Å². The Labute approximate surface area is 99.7 Å². The molecule has 3 aliphatic rings. The summed E-state index contributed by atoms with van der Waals surface area (Å²) in [6, 6.07) is 0.620. The summed E-state index contributed by atoms with van der Waals surface area (Å²) >= 11 is 3.55. The third-order valence-electron chi connectivity index (χ3n) is 3.81. The Kier molecular flexibility index (Phi) is 2.61. The molecule has 82 valence electrons. The van der Waals surface area contributed by atoms with E-state index in [9.17, 15) is 0 Å². The van der Waals surface area contributed by atoms with Crippen LogP contribution in [0, 0.1) is 5.92 Å². The zero-order chi connectivity index (χ0) is 10.3. The summed E-state index contributed by atoms with van der Waals surface area (Å²) in [6.45, 7) is 2.23. The molecule has 2 heterocycles.